The normalized spacial score (nSPS) is 14.1. The van der Waals surface area contributed by atoms with Gasteiger partial charge < -0.3 is 5.11 Å². The predicted molar refractivity (Wildman–Crippen MR) is 55.2 cm³/mol. The molecule has 1 N–H and O–H groups in total. The van der Waals surface area contributed by atoms with Crippen LogP contribution >= 0.6 is 22.6 Å². The molecule has 0 spiro atoms. The van der Waals surface area contributed by atoms with Crippen molar-refractivity contribution in [1.29, 1.82) is 0 Å². The van der Waals surface area contributed by atoms with Crippen molar-refractivity contribution in [3.63, 3.8) is 0 Å². The van der Waals surface area contributed by atoms with Crippen LogP contribution in [0.2, 0.25) is 0 Å². The van der Waals surface area contributed by atoms with Crippen molar-refractivity contribution in [2.45, 2.75) is 16.7 Å². The van der Waals surface area contributed by atoms with Gasteiger partial charge in [0.05, 0.1) is 0 Å². The molecular weight excluding hydrogens is 308 g/mol. The van der Waals surface area contributed by atoms with Gasteiger partial charge in [-0.1, -0.05) is 46.9 Å². The molecule has 0 radical (unpaired) electrons. The van der Waals surface area contributed by atoms with Gasteiger partial charge in [0, 0.05) is 4.43 Å². The van der Waals surface area contributed by atoms with Gasteiger partial charge in [0.1, 0.15) is 0 Å². The van der Waals surface area contributed by atoms with Crippen LogP contribution in [-0.4, -0.2) is 11.3 Å². The molecule has 0 bridgehead atoms. The molecule has 1 nitrogen and oxygen atoms in total. The van der Waals surface area contributed by atoms with Crippen molar-refractivity contribution < 1.29 is 18.3 Å². The van der Waals surface area contributed by atoms with Crippen molar-refractivity contribution in [1.82, 2.24) is 0 Å². The lowest BCUT2D eigenvalue weighted by Crippen LogP contribution is -2.20. The van der Waals surface area contributed by atoms with Crippen LogP contribution in [-0.2, 0) is 4.43 Å². The van der Waals surface area contributed by atoms with E-state index in [9.17, 15) is 13.2 Å². The van der Waals surface area contributed by atoms with E-state index >= 15 is 0 Å². The van der Waals surface area contributed by atoms with E-state index in [1.165, 1.54) is 12.1 Å². The van der Waals surface area contributed by atoms with Crippen LogP contribution < -0.4 is 0 Å². The number of hydrogen-bond acceptors (Lipinski definition) is 1. The summed E-state index contributed by atoms with van der Waals surface area (Å²) in [5, 5.41) is 8.89. The first-order chi connectivity index (χ1) is 6.45. The monoisotopic (exact) mass is 316 g/mol. The maximum atomic E-state index is 12.1. The Bertz CT molecular complexity index is 294. The van der Waals surface area contributed by atoms with E-state index < -0.39 is 12.3 Å². The topological polar surface area (TPSA) is 20.2 Å². The average molecular weight is 316 g/mol. The number of alkyl halides is 4. The summed E-state index contributed by atoms with van der Waals surface area (Å²) >= 11 is 2.11. The lowest BCUT2D eigenvalue weighted by molar-refractivity contribution is -0.206. The quantitative estimate of drug-likeness (QED) is 0.656. The fraction of sp³-hybridized carbons (Fsp3) is 0.333. The summed E-state index contributed by atoms with van der Waals surface area (Å²) in [4.78, 5) is 0. The summed E-state index contributed by atoms with van der Waals surface area (Å²) < 4.78 is 36.9. The van der Waals surface area contributed by atoms with Crippen LogP contribution in [0.3, 0.4) is 0 Å². The van der Waals surface area contributed by atoms with Gasteiger partial charge in [0.25, 0.3) is 0 Å². The molecule has 0 fully saturated rings. The van der Waals surface area contributed by atoms with Crippen LogP contribution in [0, 0.1) is 0 Å². The van der Waals surface area contributed by atoms with Crippen LogP contribution in [0.1, 0.15) is 17.2 Å². The third-order valence-corrected chi connectivity index (χ3v) is 2.64. The summed E-state index contributed by atoms with van der Waals surface area (Å²) in [6.07, 6.45) is -6.97. The van der Waals surface area contributed by atoms with E-state index in [1.54, 1.807) is 12.1 Å². The summed E-state index contributed by atoms with van der Waals surface area (Å²) in [5.41, 5.74) is 0.815. The van der Waals surface area contributed by atoms with E-state index in [2.05, 4.69) is 22.6 Å². The Morgan fingerprint density at radius 1 is 1.21 bits per heavy atom. The molecule has 5 heteroatoms. The third kappa shape index (κ3) is 2.84. The van der Waals surface area contributed by atoms with Crippen LogP contribution in [0.5, 0.6) is 0 Å². The zero-order valence-corrected chi connectivity index (χ0v) is 9.21. The Hall–Kier alpha value is -0.300. The minimum atomic E-state index is -4.59. The second-order valence-corrected chi connectivity index (χ2v) is 3.58. The molecule has 0 amide bonds. The van der Waals surface area contributed by atoms with Gasteiger partial charge in [-0.2, -0.15) is 13.2 Å². The molecule has 1 aromatic carbocycles. The second-order valence-electron chi connectivity index (χ2n) is 2.82. The molecule has 0 saturated carbocycles. The largest absolute Gasteiger partial charge is 0.418 e. The first kappa shape index (κ1) is 11.8. The Balaban J connectivity index is 2.87. The van der Waals surface area contributed by atoms with Gasteiger partial charge in [0.15, 0.2) is 6.10 Å². The summed E-state index contributed by atoms with van der Waals surface area (Å²) in [6.45, 7) is 0. The summed E-state index contributed by atoms with van der Waals surface area (Å²) in [7, 11) is 0. The highest BCUT2D eigenvalue weighted by Crippen LogP contribution is 2.32. The SMILES string of the molecule is OC(c1ccc(CI)cc1)C(F)(F)F. The van der Waals surface area contributed by atoms with Gasteiger partial charge in [0.2, 0.25) is 0 Å². The van der Waals surface area contributed by atoms with Gasteiger partial charge in [-0.05, 0) is 11.1 Å². The number of hydrogen-bond donors (Lipinski definition) is 1. The van der Waals surface area contributed by atoms with Crippen molar-refractivity contribution in [2.75, 3.05) is 0 Å². The Labute approximate surface area is 93.1 Å². The zero-order valence-electron chi connectivity index (χ0n) is 7.05. The number of benzene rings is 1. The molecule has 0 aliphatic carbocycles. The van der Waals surface area contributed by atoms with Gasteiger partial charge in [-0.25, -0.2) is 0 Å². The molecule has 78 valence electrons. The minimum absolute atomic E-state index is 0.119. The molecule has 0 saturated heterocycles. The third-order valence-electron chi connectivity index (χ3n) is 1.76. The lowest BCUT2D eigenvalue weighted by Gasteiger charge is -2.14. The molecule has 0 aromatic heterocycles. The number of rotatable bonds is 2. The van der Waals surface area contributed by atoms with Crippen molar-refractivity contribution in [3.05, 3.63) is 35.4 Å². The minimum Gasteiger partial charge on any atom is -0.379 e. The maximum absolute atomic E-state index is 12.1. The van der Waals surface area contributed by atoms with Crippen LogP contribution in [0.25, 0.3) is 0 Å². The van der Waals surface area contributed by atoms with Crippen LogP contribution in [0.15, 0.2) is 24.3 Å². The van der Waals surface area contributed by atoms with Gasteiger partial charge in [-0.15, -0.1) is 0 Å². The molecule has 0 aliphatic heterocycles. The van der Waals surface area contributed by atoms with E-state index in [4.69, 9.17) is 5.11 Å². The number of aliphatic hydroxyl groups is 1. The predicted octanol–water partition coefficient (Wildman–Crippen LogP) is 3.22. The van der Waals surface area contributed by atoms with E-state index in [-0.39, 0.29) is 5.56 Å². The molecule has 1 atom stereocenters. The smallest absolute Gasteiger partial charge is 0.379 e. The van der Waals surface area contributed by atoms with Crippen molar-refractivity contribution in [3.8, 4) is 0 Å². The summed E-state index contributed by atoms with van der Waals surface area (Å²) in [5.74, 6) is 0. The van der Waals surface area contributed by atoms with Crippen molar-refractivity contribution >= 4 is 22.6 Å². The van der Waals surface area contributed by atoms with Crippen molar-refractivity contribution in [2.24, 2.45) is 0 Å². The molecule has 14 heavy (non-hydrogen) atoms. The van der Waals surface area contributed by atoms with E-state index in [0.717, 1.165) is 9.99 Å². The number of halogens is 4. The zero-order chi connectivity index (χ0) is 10.8. The first-order valence-corrected chi connectivity index (χ1v) is 5.37. The molecule has 1 aromatic rings. The van der Waals surface area contributed by atoms with Crippen LogP contribution in [0.4, 0.5) is 13.2 Å². The number of aliphatic hydroxyl groups excluding tert-OH is 1. The second kappa shape index (κ2) is 4.48. The Morgan fingerprint density at radius 3 is 2.07 bits per heavy atom. The molecule has 0 heterocycles. The molecule has 1 rings (SSSR count). The maximum Gasteiger partial charge on any atom is 0.418 e. The van der Waals surface area contributed by atoms with E-state index in [0.29, 0.717) is 0 Å². The summed E-state index contributed by atoms with van der Waals surface area (Å²) in [6, 6.07) is 5.76. The van der Waals surface area contributed by atoms with Gasteiger partial charge >= 0.3 is 6.18 Å². The van der Waals surface area contributed by atoms with Gasteiger partial charge in [-0.3, -0.25) is 0 Å². The molecular formula is C9H8F3IO. The first-order valence-electron chi connectivity index (χ1n) is 3.84. The molecule has 1 unspecified atom stereocenters. The fourth-order valence-electron chi connectivity index (χ4n) is 0.978. The Morgan fingerprint density at radius 2 is 1.71 bits per heavy atom. The van der Waals surface area contributed by atoms with E-state index in [1.807, 2.05) is 0 Å². The highest BCUT2D eigenvalue weighted by Gasteiger charge is 2.39. The fourth-order valence-corrected chi connectivity index (χ4v) is 1.49. The highest BCUT2D eigenvalue weighted by atomic mass is 127. The Kier molecular flexibility index (Phi) is 3.77. The average Bonchev–Trinajstić information content (AvgIpc) is 2.15. The highest BCUT2D eigenvalue weighted by molar-refractivity contribution is 14.1. The lowest BCUT2D eigenvalue weighted by atomic mass is 10.1. The molecule has 0 aliphatic rings. The standard InChI is InChI=1S/C9H8F3IO/c10-9(11,12)8(14)7-3-1-6(5-13)2-4-7/h1-4,8,14H,5H2.